The largest absolute Gasteiger partial charge is 0.459 e. The Bertz CT molecular complexity index is 749. The van der Waals surface area contributed by atoms with E-state index in [0.717, 1.165) is 12.8 Å². The van der Waals surface area contributed by atoms with Crippen LogP contribution in [0.1, 0.15) is 23.4 Å². The molecular weight excluding hydrogens is 292 g/mol. The van der Waals surface area contributed by atoms with Crippen LogP contribution in [0, 0.1) is 0 Å². The molecule has 1 aliphatic carbocycles. The first kappa shape index (κ1) is 13.8. The molecule has 0 atom stereocenters. The van der Waals surface area contributed by atoms with Gasteiger partial charge in [-0.3, -0.25) is 4.79 Å². The molecule has 2 aromatic rings. The van der Waals surface area contributed by atoms with Crippen molar-refractivity contribution in [3.05, 3.63) is 48.4 Å². The second kappa shape index (κ2) is 5.34. The van der Waals surface area contributed by atoms with Crippen LogP contribution in [-0.4, -0.2) is 20.4 Å². The maximum atomic E-state index is 12.1. The molecule has 0 aliphatic heterocycles. The van der Waals surface area contributed by atoms with E-state index >= 15 is 0 Å². The normalized spacial score (nSPS) is 14.9. The van der Waals surface area contributed by atoms with Crippen LogP contribution < -0.4 is 10.0 Å². The number of hydrogen-bond acceptors (Lipinski definition) is 4. The number of rotatable bonds is 5. The third-order valence-electron chi connectivity index (χ3n) is 3.05. The van der Waals surface area contributed by atoms with Crippen molar-refractivity contribution >= 4 is 21.6 Å². The van der Waals surface area contributed by atoms with Crippen LogP contribution in [0.3, 0.4) is 0 Å². The van der Waals surface area contributed by atoms with Gasteiger partial charge in [-0.2, -0.15) is 0 Å². The van der Waals surface area contributed by atoms with Crippen LogP contribution >= 0.6 is 0 Å². The van der Waals surface area contributed by atoms with Gasteiger partial charge in [0.15, 0.2) is 5.76 Å². The minimum absolute atomic E-state index is 0.0383. The van der Waals surface area contributed by atoms with Gasteiger partial charge in [-0.15, -0.1) is 0 Å². The SMILES string of the molecule is O=C(Nc1cccc(S(=O)(=O)NC2CC2)c1)c1ccco1. The van der Waals surface area contributed by atoms with Gasteiger partial charge in [0.25, 0.3) is 5.91 Å². The second-order valence-electron chi connectivity index (χ2n) is 4.85. The first-order valence-corrected chi connectivity index (χ1v) is 8.00. The molecule has 0 bridgehead atoms. The summed E-state index contributed by atoms with van der Waals surface area (Å²) in [6.07, 6.45) is 3.14. The number of nitrogens with one attached hydrogen (secondary N) is 2. The van der Waals surface area contributed by atoms with Gasteiger partial charge in [0.1, 0.15) is 0 Å². The van der Waals surface area contributed by atoms with Gasteiger partial charge in [-0.05, 0) is 43.2 Å². The Hall–Kier alpha value is -2.12. The number of benzene rings is 1. The van der Waals surface area contributed by atoms with Crippen molar-refractivity contribution in [3.8, 4) is 0 Å². The van der Waals surface area contributed by atoms with E-state index in [1.54, 1.807) is 18.2 Å². The summed E-state index contributed by atoms with van der Waals surface area (Å²) in [4.78, 5) is 12.0. The maximum absolute atomic E-state index is 12.1. The lowest BCUT2D eigenvalue weighted by Gasteiger charge is -2.08. The summed E-state index contributed by atoms with van der Waals surface area (Å²) in [6, 6.07) is 9.30. The van der Waals surface area contributed by atoms with Crippen molar-refractivity contribution in [1.82, 2.24) is 4.72 Å². The van der Waals surface area contributed by atoms with Gasteiger partial charge in [0.05, 0.1) is 11.2 Å². The minimum atomic E-state index is -3.53. The molecule has 0 unspecified atom stereocenters. The molecule has 1 heterocycles. The number of carbonyl (C=O) groups is 1. The van der Waals surface area contributed by atoms with Crippen LogP contribution in [0.15, 0.2) is 52.0 Å². The Morgan fingerprint density at radius 3 is 2.67 bits per heavy atom. The van der Waals surface area contributed by atoms with Crippen LogP contribution in [0.2, 0.25) is 0 Å². The van der Waals surface area contributed by atoms with Crippen molar-refractivity contribution in [2.45, 2.75) is 23.8 Å². The highest BCUT2D eigenvalue weighted by molar-refractivity contribution is 7.89. The Morgan fingerprint density at radius 2 is 2.00 bits per heavy atom. The van der Waals surface area contributed by atoms with E-state index in [9.17, 15) is 13.2 Å². The standard InChI is InChI=1S/C14H14N2O4S/c17-14(13-5-2-8-20-13)15-11-3-1-4-12(9-11)21(18,19)16-10-6-7-10/h1-5,8-10,16H,6-7H2,(H,15,17). The van der Waals surface area contributed by atoms with Gasteiger partial charge >= 0.3 is 0 Å². The number of carbonyl (C=O) groups excluding carboxylic acids is 1. The average Bonchev–Trinajstić information content (AvgIpc) is 3.08. The molecule has 1 fully saturated rings. The molecule has 1 amide bonds. The minimum Gasteiger partial charge on any atom is -0.459 e. The molecule has 1 aromatic carbocycles. The lowest BCUT2D eigenvalue weighted by molar-refractivity contribution is 0.0996. The predicted molar refractivity (Wildman–Crippen MR) is 76.4 cm³/mol. The number of hydrogen-bond donors (Lipinski definition) is 2. The Morgan fingerprint density at radius 1 is 1.19 bits per heavy atom. The first-order valence-electron chi connectivity index (χ1n) is 6.52. The van der Waals surface area contributed by atoms with E-state index in [0.29, 0.717) is 5.69 Å². The summed E-state index contributed by atoms with van der Waals surface area (Å²) in [7, 11) is -3.53. The van der Waals surface area contributed by atoms with Crippen molar-refractivity contribution in [3.63, 3.8) is 0 Å². The smallest absolute Gasteiger partial charge is 0.291 e. The van der Waals surface area contributed by atoms with Crippen LogP contribution in [0.25, 0.3) is 0 Å². The van der Waals surface area contributed by atoms with Crippen molar-refractivity contribution in [1.29, 1.82) is 0 Å². The van der Waals surface area contributed by atoms with E-state index < -0.39 is 15.9 Å². The molecule has 0 radical (unpaired) electrons. The summed E-state index contributed by atoms with van der Waals surface area (Å²) in [5.41, 5.74) is 0.398. The summed E-state index contributed by atoms with van der Waals surface area (Å²) in [5, 5.41) is 2.60. The number of amides is 1. The van der Waals surface area contributed by atoms with E-state index in [-0.39, 0.29) is 16.7 Å². The fourth-order valence-corrected chi connectivity index (χ4v) is 3.18. The molecule has 1 saturated carbocycles. The fraction of sp³-hybridized carbons (Fsp3) is 0.214. The molecule has 2 N–H and O–H groups in total. The summed E-state index contributed by atoms with van der Waals surface area (Å²) < 4.78 is 31.8. The van der Waals surface area contributed by atoms with Crippen molar-refractivity contribution in [2.75, 3.05) is 5.32 Å². The number of sulfonamides is 1. The first-order chi connectivity index (χ1) is 10.0. The topological polar surface area (TPSA) is 88.4 Å². The molecular formula is C14H14N2O4S. The van der Waals surface area contributed by atoms with E-state index in [1.165, 1.54) is 24.5 Å². The number of furan rings is 1. The zero-order valence-electron chi connectivity index (χ0n) is 11.1. The fourth-order valence-electron chi connectivity index (χ4n) is 1.83. The third-order valence-corrected chi connectivity index (χ3v) is 4.56. The maximum Gasteiger partial charge on any atom is 0.291 e. The van der Waals surface area contributed by atoms with Gasteiger partial charge in [0, 0.05) is 11.7 Å². The molecule has 21 heavy (non-hydrogen) atoms. The summed E-state index contributed by atoms with van der Waals surface area (Å²) >= 11 is 0. The highest BCUT2D eigenvalue weighted by atomic mass is 32.2. The second-order valence-corrected chi connectivity index (χ2v) is 6.57. The molecule has 0 spiro atoms. The quantitative estimate of drug-likeness (QED) is 0.884. The van der Waals surface area contributed by atoms with Crippen molar-refractivity contribution < 1.29 is 17.6 Å². The highest BCUT2D eigenvalue weighted by Crippen LogP contribution is 2.23. The molecule has 1 aromatic heterocycles. The molecule has 1 aliphatic rings. The molecule has 6 nitrogen and oxygen atoms in total. The van der Waals surface area contributed by atoms with Gasteiger partial charge in [-0.1, -0.05) is 6.07 Å². The monoisotopic (exact) mass is 306 g/mol. The van der Waals surface area contributed by atoms with Gasteiger partial charge in [-0.25, -0.2) is 13.1 Å². The third kappa shape index (κ3) is 3.32. The average molecular weight is 306 g/mol. The van der Waals surface area contributed by atoms with Crippen LogP contribution in [0.5, 0.6) is 0 Å². The van der Waals surface area contributed by atoms with Crippen molar-refractivity contribution in [2.24, 2.45) is 0 Å². The van der Waals surface area contributed by atoms with E-state index in [1.807, 2.05) is 0 Å². The Balaban J connectivity index is 1.78. The van der Waals surface area contributed by atoms with E-state index in [4.69, 9.17) is 4.42 Å². The summed E-state index contributed by atoms with van der Waals surface area (Å²) in [5.74, 6) is -0.260. The zero-order chi connectivity index (χ0) is 14.9. The van der Waals surface area contributed by atoms with Gasteiger partial charge < -0.3 is 9.73 Å². The predicted octanol–water partition coefficient (Wildman–Crippen LogP) is 1.97. The van der Waals surface area contributed by atoms with Crippen LogP contribution in [-0.2, 0) is 10.0 Å². The Kier molecular flexibility index (Phi) is 3.52. The molecule has 110 valence electrons. The lowest BCUT2D eigenvalue weighted by atomic mass is 10.3. The van der Waals surface area contributed by atoms with E-state index in [2.05, 4.69) is 10.0 Å². The lowest BCUT2D eigenvalue weighted by Crippen LogP contribution is -2.25. The highest BCUT2D eigenvalue weighted by Gasteiger charge is 2.28. The summed E-state index contributed by atoms with van der Waals surface area (Å²) in [6.45, 7) is 0. The Labute approximate surface area is 122 Å². The number of anilines is 1. The molecule has 0 saturated heterocycles. The zero-order valence-corrected chi connectivity index (χ0v) is 11.9. The van der Waals surface area contributed by atoms with Crippen LogP contribution in [0.4, 0.5) is 5.69 Å². The molecule has 7 heteroatoms. The van der Waals surface area contributed by atoms with Gasteiger partial charge in [0.2, 0.25) is 10.0 Å². The molecule has 3 rings (SSSR count).